The Kier molecular flexibility index (Phi) is 4.54. The van der Waals surface area contributed by atoms with Crippen LogP contribution in [-0.2, 0) is 16.0 Å². The van der Waals surface area contributed by atoms with Crippen molar-refractivity contribution < 1.29 is 9.53 Å². The summed E-state index contributed by atoms with van der Waals surface area (Å²) in [6, 6.07) is 12.5. The molecule has 5 nitrogen and oxygen atoms in total. The standard InChI is InChI=1S/C21H21N3O2/c22-17-9-7-14(8-10-17)21(25)26-11-3-6-20-23-18-12-15-4-1-2-5-16(15)13-19(18)24-20/h1-2,4-5,7-9,12-13,17H,3,6,10-11,22H2,(H,23,24). The number of ether oxygens (including phenoxy) is 1. The highest BCUT2D eigenvalue weighted by molar-refractivity contribution is 5.95. The number of nitrogens with two attached hydrogens (primary N) is 1. The summed E-state index contributed by atoms with van der Waals surface area (Å²) in [5, 5.41) is 2.37. The van der Waals surface area contributed by atoms with Crippen molar-refractivity contribution in [3.63, 3.8) is 0 Å². The molecule has 2 aromatic carbocycles. The van der Waals surface area contributed by atoms with Crippen LogP contribution in [0.25, 0.3) is 21.8 Å². The average molecular weight is 347 g/mol. The number of nitrogens with zero attached hydrogens (tertiary/aromatic N) is 1. The number of nitrogens with one attached hydrogen (secondary N) is 1. The predicted molar refractivity (Wildman–Crippen MR) is 103 cm³/mol. The molecule has 0 saturated carbocycles. The van der Waals surface area contributed by atoms with E-state index in [0.717, 1.165) is 29.7 Å². The molecule has 0 saturated heterocycles. The van der Waals surface area contributed by atoms with E-state index >= 15 is 0 Å². The fraction of sp³-hybridized carbons (Fsp3) is 0.238. The zero-order valence-corrected chi connectivity index (χ0v) is 14.4. The van der Waals surface area contributed by atoms with Crippen LogP contribution in [-0.4, -0.2) is 28.6 Å². The maximum atomic E-state index is 12.0. The number of rotatable bonds is 5. The van der Waals surface area contributed by atoms with E-state index in [-0.39, 0.29) is 12.0 Å². The number of H-pyrrole nitrogens is 1. The SMILES string of the molecule is NC1C=CC(C(=O)OCCCc2nc3cc4ccccc4cc3[nH]2)=CC1. The van der Waals surface area contributed by atoms with Gasteiger partial charge in [0.15, 0.2) is 0 Å². The highest BCUT2D eigenvalue weighted by Crippen LogP contribution is 2.21. The Labute approximate surface area is 151 Å². The van der Waals surface area contributed by atoms with Crippen molar-refractivity contribution in [2.24, 2.45) is 5.73 Å². The molecule has 3 N–H and O–H groups in total. The third-order valence-electron chi connectivity index (χ3n) is 4.56. The Morgan fingerprint density at radius 2 is 2.08 bits per heavy atom. The number of benzene rings is 2. The summed E-state index contributed by atoms with van der Waals surface area (Å²) in [4.78, 5) is 20.0. The maximum absolute atomic E-state index is 12.0. The Balaban J connectivity index is 1.34. The van der Waals surface area contributed by atoms with E-state index in [1.807, 2.05) is 24.3 Å². The number of aryl methyl sites for hydroxylation is 1. The summed E-state index contributed by atoms with van der Waals surface area (Å²) < 4.78 is 5.33. The van der Waals surface area contributed by atoms with Gasteiger partial charge in [-0.25, -0.2) is 9.78 Å². The summed E-state index contributed by atoms with van der Waals surface area (Å²) in [5.41, 5.74) is 8.33. The third kappa shape index (κ3) is 3.53. The van der Waals surface area contributed by atoms with Crippen molar-refractivity contribution in [1.82, 2.24) is 9.97 Å². The fourth-order valence-corrected chi connectivity index (χ4v) is 3.14. The second kappa shape index (κ2) is 7.14. The van der Waals surface area contributed by atoms with Crippen molar-refractivity contribution in [3.8, 4) is 0 Å². The van der Waals surface area contributed by atoms with Crippen LogP contribution in [0.4, 0.5) is 0 Å². The molecular formula is C21H21N3O2. The second-order valence-corrected chi connectivity index (χ2v) is 6.56. The Hall–Kier alpha value is -2.92. The molecule has 0 radical (unpaired) electrons. The molecule has 1 aliphatic carbocycles. The topological polar surface area (TPSA) is 81.0 Å². The van der Waals surface area contributed by atoms with Gasteiger partial charge in [-0.05, 0) is 35.7 Å². The maximum Gasteiger partial charge on any atom is 0.337 e. The van der Waals surface area contributed by atoms with Crippen LogP contribution < -0.4 is 5.73 Å². The van der Waals surface area contributed by atoms with Crippen molar-refractivity contribution in [3.05, 3.63) is 66.0 Å². The molecule has 26 heavy (non-hydrogen) atoms. The summed E-state index contributed by atoms with van der Waals surface area (Å²) in [6.07, 6.45) is 7.53. The van der Waals surface area contributed by atoms with Gasteiger partial charge in [0.1, 0.15) is 5.82 Å². The molecule has 0 aliphatic heterocycles. The van der Waals surface area contributed by atoms with Crippen LogP contribution in [0, 0.1) is 0 Å². The van der Waals surface area contributed by atoms with Crippen LogP contribution in [0.3, 0.4) is 0 Å². The van der Waals surface area contributed by atoms with Crippen LogP contribution in [0.15, 0.2) is 60.2 Å². The van der Waals surface area contributed by atoms with Gasteiger partial charge in [0.05, 0.1) is 23.2 Å². The van der Waals surface area contributed by atoms with Gasteiger partial charge in [-0.2, -0.15) is 0 Å². The van der Waals surface area contributed by atoms with E-state index in [0.29, 0.717) is 18.6 Å². The number of aromatic nitrogens is 2. The minimum atomic E-state index is -0.288. The van der Waals surface area contributed by atoms with Gasteiger partial charge in [0.2, 0.25) is 0 Å². The van der Waals surface area contributed by atoms with Gasteiger partial charge in [0.25, 0.3) is 0 Å². The first-order valence-corrected chi connectivity index (χ1v) is 8.87. The first-order chi connectivity index (χ1) is 12.7. The fourth-order valence-electron chi connectivity index (χ4n) is 3.14. The Bertz CT molecular complexity index is 964. The van der Waals surface area contributed by atoms with Gasteiger partial charge in [-0.15, -0.1) is 0 Å². The molecule has 132 valence electrons. The van der Waals surface area contributed by atoms with Gasteiger partial charge >= 0.3 is 5.97 Å². The third-order valence-corrected chi connectivity index (χ3v) is 4.56. The molecule has 1 heterocycles. The van der Waals surface area contributed by atoms with Gasteiger partial charge < -0.3 is 15.5 Å². The summed E-state index contributed by atoms with van der Waals surface area (Å²) in [6.45, 7) is 0.370. The predicted octanol–water partition coefficient (Wildman–Crippen LogP) is 3.41. The van der Waals surface area contributed by atoms with E-state index in [2.05, 4.69) is 34.2 Å². The molecule has 0 spiro atoms. The largest absolute Gasteiger partial charge is 0.462 e. The molecule has 1 atom stereocenters. The summed E-state index contributed by atoms with van der Waals surface area (Å²) in [7, 11) is 0. The van der Waals surface area contributed by atoms with Crippen LogP contribution >= 0.6 is 0 Å². The monoisotopic (exact) mass is 347 g/mol. The quantitative estimate of drug-likeness (QED) is 0.547. The van der Waals surface area contributed by atoms with E-state index in [1.54, 1.807) is 6.08 Å². The normalized spacial score (nSPS) is 16.8. The molecule has 0 bridgehead atoms. The van der Waals surface area contributed by atoms with Crippen LogP contribution in [0.2, 0.25) is 0 Å². The number of aromatic amines is 1. The molecule has 0 amide bonds. The summed E-state index contributed by atoms with van der Waals surface area (Å²) in [5.74, 6) is 0.623. The van der Waals surface area contributed by atoms with Crippen LogP contribution in [0.1, 0.15) is 18.7 Å². The molecule has 1 unspecified atom stereocenters. The molecule has 0 fully saturated rings. The smallest absolute Gasteiger partial charge is 0.337 e. The summed E-state index contributed by atoms with van der Waals surface area (Å²) >= 11 is 0. The van der Waals surface area contributed by atoms with Crippen molar-refractivity contribution in [2.75, 3.05) is 6.61 Å². The number of carbonyl (C=O) groups excluding carboxylic acids is 1. The highest BCUT2D eigenvalue weighted by Gasteiger charge is 2.12. The Morgan fingerprint density at radius 3 is 2.85 bits per heavy atom. The molecule has 5 heteroatoms. The second-order valence-electron chi connectivity index (χ2n) is 6.56. The van der Waals surface area contributed by atoms with Crippen LogP contribution in [0.5, 0.6) is 0 Å². The zero-order valence-electron chi connectivity index (χ0n) is 14.4. The minimum absolute atomic E-state index is 0.00344. The molecule has 1 aromatic heterocycles. The lowest BCUT2D eigenvalue weighted by Crippen LogP contribution is -2.19. The van der Waals surface area contributed by atoms with Crippen molar-refractivity contribution >= 4 is 27.8 Å². The zero-order chi connectivity index (χ0) is 17.9. The van der Waals surface area contributed by atoms with E-state index in [1.165, 1.54) is 10.8 Å². The first kappa shape index (κ1) is 16.5. The van der Waals surface area contributed by atoms with Crippen molar-refractivity contribution in [2.45, 2.75) is 25.3 Å². The molecule has 3 aromatic rings. The van der Waals surface area contributed by atoms with E-state index in [9.17, 15) is 4.79 Å². The molecular weight excluding hydrogens is 326 g/mol. The van der Waals surface area contributed by atoms with Gasteiger partial charge in [0, 0.05) is 12.5 Å². The Morgan fingerprint density at radius 1 is 1.27 bits per heavy atom. The van der Waals surface area contributed by atoms with E-state index in [4.69, 9.17) is 10.5 Å². The number of imidazole rings is 1. The lowest BCUT2D eigenvalue weighted by Gasteiger charge is -2.11. The number of carbonyl (C=O) groups is 1. The van der Waals surface area contributed by atoms with Crippen molar-refractivity contribution in [1.29, 1.82) is 0 Å². The van der Waals surface area contributed by atoms with Gasteiger partial charge in [-0.1, -0.05) is 42.5 Å². The van der Waals surface area contributed by atoms with Gasteiger partial charge in [-0.3, -0.25) is 0 Å². The number of hydrogen-bond acceptors (Lipinski definition) is 4. The lowest BCUT2D eigenvalue weighted by molar-refractivity contribution is -0.138. The highest BCUT2D eigenvalue weighted by atomic mass is 16.5. The molecule has 1 aliphatic rings. The van der Waals surface area contributed by atoms with E-state index < -0.39 is 0 Å². The number of hydrogen-bond donors (Lipinski definition) is 2. The number of fused-ring (bicyclic) bond motifs is 2. The lowest BCUT2D eigenvalue weighted by atomic mass is 10.0. The minimum Gasteiger partial charge on any atom is -0.462 e. The molecule has 4 rings (SSSR count). The number of esters is 1. The average Bonchev–Trinajstić information content (AvgIpc) is 3.05. The first-order valence-electron chi connectivity index (χ1n) is 8.87.